The van der Waals surface area contributed by atoms with Crippen LogP contribution >= 0.6 is 11.6 Å². The smallest absolute Gasteiger partial charge is 0.365 e. The minimum Gasteiger partial charge on any atom is -0.365 e. The van der Waals surface area contributed by atoms with Gasteiger partial charge in [0.15, 0.2) is 9.84 Å². The molecule has 0 radical (unpaired) electrons. The van der Waals surface area contributed by atoms with E-state index in [1.54, 1.807) is 6.92 Å². The summed E-state index contributed by atoms with van der Waals surface area (Å²) in [6, 6.07) is 0.276. The van der Waals surface area contributed by atoms with Crippen molar-refractivity contribution in [3.63, 3.8) is 0 Å². The molecule has 1 heterocycles. The van der Waals surface area contributed by atoms with Gasteiger partial charge in [0, 0.05) is 18.5 Å². The van der Waals surface area contributed by atoms with E-state index in [4.69, 9.17) is 11.6 Å². The fourth-order valence-electron chi connectivity index (χ4n) is 2.28. The van der Waals surface area contributed by atoms with Crippen LogP contribution in [0.4, 0.5) is 19.0 Å². The molecule has 1 N–H and O–H groups in total. The van der Waals surface area contributed by atoms with E-state index in [-0.39, 0.29) is 10.8 Å². The third-order valence-corrected chi connectivity index (χ3v) is 6.32. The molecule has 2 rings (SSSR count). The second-order valence-corrected chi connectivity index (χ2v) is 8.02. The van der Waals surface area contributed by atoms with Gasteiger partial charge in [0.1, 0.15) is 5.82 Å². The van der Waals surface area contributed by atoms with E-state index >= 15 is 0 Å². The summed E-state index contributed by atoms with van der Waals surface area (Å²) in [6.07, 6.45) is -1.68. The maximum atomic E-state index is 12.5. The van der Waals surface area contributed by atoms with Gasteiger partial charge in [-0.2, -0.15) is 13.2 Å². The van der Waals surface area contributed by atoms with Gasteiger partial charge in [-0.3, -0.25) is 0 Å². The molecule has 4 nitrogen and oxygen atoms in total. The Bertz CT molecular complexity index is 657. The van der Waals surface area contributed by atoms with Crippen LogP contribution < -0.4 is 5.32 Å². The summed E-state index contributed by atoms with van der Waals surface area (Å²) in [7, 11) is -3.27. The molecule has 0 spiro atoms. The molecular weight excluding hydrogens is 329 g/mol. The van der Waals surface area contributed by atoms with Crippen LogP contribution in [0.15, 0.2) is 12.3 Å². The predicted molar refractivity (Wildman–Crippen MR) is 74.1 cm³/mol. The molecule has 9 heteroatoms. The Balaban J connectivity index is 2.22. The van der Waals surface area contributed by atoms with Gasteiger partial charge in [-0.1, -0.05) is 11.6 Å². The lowest BCUT2D eigenvalue weighted by Gasteiger charge is -2.24. The molecule has 1 aliphatic carbocycles. The summed E-state index contributed by atoms with van der Waals surface area (Å²) in [5.74, 6) is 0.0482. The second-order valence-electron chi connectivity index (χ2n) is 5.26. The van der Waals surface area contributed by atoms with Crippen molar-refractivity contribution in [3.05, 3.63) is 22.8 Å². The molecule has 1 fully saturated rings. The second kappa shape index (κ2) is 5.01. The average molecular weight is 343 g/mol. The van der Waals surface area contributed by atoms with Gasteiger partial charge >= 0.3 is 6.18 Å². The van der Waals surface area contributed by atoms with Gasteiger partial charge in [-0.25, -0.2) is 13.4 Å². The van der Waals surface area contributed by atoms with Gasteiger partial charge < -0.3 is 5.32 Å². The van der Waals surface area contributed by atoms with Crippen LogP contribution in [-0.2, 0) is 16.0 Å². The Morgan fingerprint density at radius 3 is 2.38 bits per heavy atom. The number of nitrogens with zero attached hydrogens (tertiary/aromatic N) is 1. The van der Waals surface area contributed by atoms with E-state index in [1.165, 1.54) is 0 Å². The number of nitrogens with one attached hydrogen (secondary N) is 1. The van der Waals surface area contributed by atoms with Gasteiger partial charge in [-0.15, -0.1) is 0 Å². The number of rotatable bonds is 4. The van der Waals surface area contributed by atoms with Crippen LogP contribution in [0.3, 0.4) is 0 Å². The Labute approximate surface area is 125 Å². The van der Waals surface area contributed by atoms with E-state index in [0.29, 0.717) is 19.0 Å². The van der Waals surface area contributed by atoms with Crippen molar-refractivity contribution < 1.29 is 21.6 Å². The van der Waals surface area contributed by atoms with Crippen molar-refractivity contribution >= 4 is 27.3 Å². The number of halogens is 4. The fourth-order valence-corrected chi connectivity index (χ4v) is 4.05. The summed E-state index contributed by atoms with van der Waals surface area (Å²) in [5, 5.41) is 2.62. The van der Waals surface area contributed by atoms with Crippen molar-refractivity contribution in [1.82, 2.24) is 4.98 Å². The van der Waals surface area contributed by atoms with Crippen molar-refractivity contribution in [2.75, 3.05) is 11.6 Å². The standard InChI is InChI=1S/C12H14ClF3N2O2S/c1-7(11(3-4-11)21(2,19)20)18-10-9(13)5-8(6-17-10)12(14,15)16/h5-7H,3-4H2,1-2H3,(H,17,18). The van der Waals surface area contributed by atoms with E-state index in [2.05, 4.69) is 10.3 Å². The Kier molecular flexibility index (Phi) is 3.90. The molecule has 0 bridgehead atoms. The Morgan fingerprint density at radius 1 is 1.43 bits per heavy atom. The maximum absolute atomic E-state index is 12.5. The molecule has 21 heavy (non-hydrogen) atoms. The summed E-state index contributed by atoms with van der Waals surface area (Å²) < 4.78 is 60.2. The quantitative estimate of drug-likeness (QED) is 0.913. The lowest BCUT2D eigenvalue weighted by atomic mass is 10.2. The van der Waals surface area contributed by atoms with Gasteiger partial charge in [-0.05, 0) is 25.8 Å². The SMILES string of the molecule is CC(Nc1ncc(C(F)(F)F)cc1Cl)C1(S(C)(=O)=O)CC1. The molecule has 0 aliphatic heterocycles. The zero-order valence-electron chi connectivity index (χ0n) is 11.3. The van der Waals surface area contributed by atoms with Crippen LogP contribution in [0.25, 0.3) is 0 Å². The van der Waals surface area contributed by atoms with Crippen LogP contribution in [0.5, 0.6) is 0 Å². The highest BCUT2D eigenvalue weighted by atomic mass is 35.5. The molecule has 1 saturated carbocycles. The first-order valence-electron chi connectivity index (χ1n) is 6.16. The molecule has 1 unspecified atom stereocenters. The van der Waals surface area contributed by atoms with Crippen molar-refractivity contribution in [3.8, 4) is 0 Å². The normalized spacial score (nSPS) is 19.1. The molecule has 1 aliphatic rings. The zero-order chi connectivity index (χ0) is 16.1. The lowest BCUT2D eigenvalue weighted by molar-refractivity contribution is -0.137. The summed E-state index contributed by atoms with van der Waals surface area (Å²) in [5.41, 5.74) is -0.949. The summed E-state index contributed by atoms with van der Waals surface area (Å²) in [6.45, 7) is 1.66. The third-order valence-electron chi connectivity index (χ3n) is 3.79. The monoisotopic (exact) mass is 342 g/mol. The summed E-state index contributed by atoms with van der Waals surface area (Å²) in [4.78, 5) is 3.65. The minimum atomic E-state index is -4.52. The Hall–Kier alpha value is -1.02. The van der Waals surface area contributed by atoms with E-state index in [0.717, 1.165) is 12.3 Å². The molecule has 0 aromatic carbocycles. The summed E-state index contributed by atoms with van der Waals surface area (Å²) >= 11 is 5.79. The lowest BCUT2D eigenvalue weighted by Crippen LogP contribution is -2.39. The zero-order valence-corrected chi connectivity index (χ0v) is 12.9. The van der Waals surface area contributed by atoms with E-state index in [9.17, 15) is 21.6 Å². The number of aromatic nitrogens is 1. The molecule has 1 aromatic rings. The highest BCUT2D eigenvalue weighted by molar-refractivity contribution is 7.92. The Morgan fingerprint density at radius 2 is 2.00 bits per heavy atom. The number of hydrogen-bond acceptors (Lipinski definition) is 4. The van der Waals surface area contributed by atoms with Crippen molar-refractivity contribution in [1.29, 1.82) is 0 Å². The van der Waals surface area contributed by atoms with Crippen LogP contribution in [0.2, 0.25) is 5.02 Å². The predicted octanol–water partition coefficient (Wildman–Crippen LogP) is 3.13. The van der Waals surface area contributed by atoms with Crippen LogP contribution in [0, 0.1) is 0 Å². The number of hydrogen-bond donors (Lipinski definition) is 1. The molecule has 1 atom stereocenters. The maximum Gasteiger partial charge on any atom is 0.417 e. The minimum absolute atomic E-state index is 0.0482. The third kappa shape index (κ3) is 3.11. The van der Waals surface area contributed by atoms with Crippen LogP contribution in [-0.4, -0.2) is 30.4 Å². The first-order valence-corrected chi connectivity index (χ1v) is 8.43. The largest absolute Gasteiger partial charge is 0.417 e. The van der Waals surface area contributed by atoms with Gasteiger partial charge in [0.2, 0.25) is 0 Å². The fraction of sp³-hybridized carbons (Fsp3) is 0.583. The average Bonchev–Trinajstić information content (AvgIpc) is 3.10. The highest BCUT2D eigenvalue weighted by Gasteiger charge is 2.56. The molecular formula is C12H14ClF3N2O2S. The first kappa shape index (κ1) is 16.4. The number of pyridine rings is 1. The number of alkyl halides is 3. The van der Waals surface area contributed by atoms with E-state index in [1.807, 2.05) is 0 Å². The molecule has 0 saturated heterocycles. The van der Waals surface area contributed by atoms with Crippen molar-refractivity contribution in [2.45, 2.75) is 36.7 Å². The molecule has 0 amide bonds. The molecule has 1 aromatic heterocycles. The van der Waals surface area contributed by atoms with Crippen molar-refractivity contribution in [2.24, 2.45) is 0 Å². The first-order chi connectivity index (χ1) is 9.47. The van der Waals surface area contributed by atoms with Gasteiger partial charge in [0.25, 0.3) is 0 Å². The van der Waals surface area contributed by atoms with Crippen LogP contribution in [0.1, 0.15) is 25.3 Å². The van der Waals surface area contributed by atoms with E-state index < -0.39 is 32.4 Å². The number of sulfone groups is 1. The highest BCUT2D eigenvalue weighted by Crippen LogP contribution is 2.47. The topological polar surface area (TPSA) is 59.1 Å². The molecule has 118 valence electrons. The van der Waals surface area contributed by atoms with Gasteiger partial charge in [0.05, 0.1) is 15.3 Å². The number of anilines is 1.